The lowest BCUT2D eigenvalue weighted by atomic mass is 9.62. The van der Waals surface area contributed by atoms with Crippen molar-refractivity contribution in [1.29, 1.82) is 0 Å². The normalized spacial score (nSPS) is 29.3. The molecular formula is C13H15NO. The molecule has 0 amide bonds. The molecule has 1 aromatic carbocycles. The molecule has 1 aromatic rings. The van der Waals surface area contributed by atoms with Gasteiger partial charge in [0.1, 0.15) is 0 Å². The number of aliphatic hydroxyl groups is 1. The monoisotopic (exact) mass is 201 g/mol. The third kappa shape index (κ3) is 1.54. The van der Waals surface area contributed by atoms with Gasteiger partial charge in [-0.25, -0.2) is 0 Å². The molecule has 3 N–H and O–H groups in total. The molecule has 2 nitrogen and oxygen atoms in total. The predicted octanol–water partition coefficient (Wildman–Crippen LogP) is 1.02. The lowest BCUT2D eigenvalue weighted by Crippen LogP contribution is -2.50. The van der Waals surface area contributed by atoms with Crippen LogP contribution in [-0.2, 0) is 5.41 Å². The van der Waals surface area contributed by atoms with Crippen molar-refractivity contribution in [1.82, 2.24) is 0 Å². The van der Waals surface area contributed by atoms with Gasteiger partial charge in [-0.1, -0.05) is 24.1 Å². The number of hydrogen-bond acceptors (Lipinski definition) is 2. The van der Waals surface area contributed by atoms with Crippen LogP contribution in [0.4, 0.5) is 0 Å². The van der Waals surface area contributed by atoms with Crippen molar-refractivity contribution in [2.75, 3.05) is 6.54 Å². The van der Waals surface area contributed by atoms with Gasteiger partial charge in [0.15, 0.2) is 0 Å². The molecular weight excluding hydrogens is 186 g/mol. The fourth-order valence-electron chi connectivity index (χ4n) is 2.41. The molecule has 0 radical (unpaired) electrons. The maximum absolute atomic E-state index is 9.43. The van der Waals surface area contributed by atoms with Crippen molar-refractivity contribution >= 4 is 0 Å². The Bertz CT molecular complexity index is 399. The van der Waals surface area contributed by atoms with Gasteiger partial charge in [0.25, 0.3) is 0 Å². The Morgan fingerprint density at radius 3 is 2.67 bits per heavy atom. The SMILES string of the molecule is C#Cc1ccccc1C1(CN)CC(O)C1. The smallest absolute Gasteiger partial charge is 0.0558 e. The average Bonchev–Trinajstić information content (AvgIpc) is 2.24. The Kier molecular flexibility index (Phi) is 2.52. The van der Waals surface area contributed by atoms with E-state index in [1.54, 1.807) is 0 Å². The molecule has 0 spiro atoms. The lowest BCUT2D eigenvalue weighted by molar-refractivity contribution is 0.0220. The molecule has 1 aliphatic rings. The van der Waals surface area contributed by atoms with E-state index in [1.807, 2.05) is 24.3 Å². The van der Waals surface area contributed by atoms with E-state index in [4.69, 9.17) is 12.2 Å². The molecule has 0 heterocycles. The van der Waals surface area contributed by atoms with E-state index in [0.717, 1.165) is 24.0 Å². The number of nitrogens with two attached hydrogens (primary N) is 1. The van der Waals surface area contributed by atoms with Crippen LogP contribution in [-0.4, -0.2) is 17.8 Å². The Morgan fingerprint density at radius 1 is 1.47 bits per heavy atom. The number of terminal acetylenes is 1. The number of rotatable bonds is 2. The summed E-state index contributed by atoms with van der Waals surface area (Å²) >= 11 is 0. The first kappa shape index (κ1) is 10.2. The van der Waals surface area contributed by atoms with Crippen LogP contribution in [0, 0.1) is 12.3 Å². The van der Waals surface area contributed by atoms with Crippen LogP contribution in [0.2, 0.25) is 0 Å². The molecule has 0 bridgehead atoms. The highest BCUT2D eigenvalue weighted by molar-refractivity contribution is 5.46. The van der Waals surface area contributed by atoms with Crippen molar-refractivity contribution in [3.63, 3.8) is 0 Å². The van der Waals surface area contributed by atoms with Crippen LogP contribution < -0.4 is 5.73 Å². The first-order valence-corrected chi connectivity index (χ1v) is 5.16. The largest absolute Gasteiger partial charge is 0.393 e. The van der Waals surface area contributed by atoms with Crippen LogP contribution >= 0.6 is 0 Å². The van der Waals surface area contributed by atoms with Gasteiger partial charge in [-0.2, -0.15) is 0 Å². The summed E-state index contributed by atoms with van der Waals surface area (Å²) in [7, 11) is 0. The van der Waals surface area contributed by atoms with Gasteiger partial charge in [-0.05, 0) is 24.5 Å². The summed E-state index contributed by atoms with van der Waals surface area (Å²) in [5, 5.41) is 9.43. The van der Waals surface area contributed by atoms with Crippen molar-refractivity contribution < 1.29 is 5.11 Å². The molecule has 0 aromatic heterocycles. The third-order valence-electron chi connectivity index (χ3n) is 3.30. The molecule has 2 rings (SSSR count). The molecule has 1 aliphatic carbocycles. The van der Waals surface area contributed by atoms with E-state index >= 15 is 0 Å². The highest BCUT2D eigenvalue weighted by atomic mass is 16.3. The minimum absolute atomic E-state index is 0.0949. The number of aliphatic hydroxyl groups excluding tert-OH is 1. The maximum Gasteiger partial charge on any atom is 0.0558 e. The number of benzene rings is 1. The van der Waals surface area contributed by atoms with E-state index in [9.17, 15) is 5.11 Å². The Hall–Kier alpha value is -1.30. The van der Waals surface area contributed by atoms with Gasteiger partial charge in [0.05, 0.1) is 6.10 Å². The van der Waals surface area contributed by atoms with Crippen LogP contribution in [0.1, 0.15) is 24.0 Å². The zero-order chi connectivity index (χ0) is 10.9. The number of hydrogen-bond donors (Lipinski definition) is 2. The summed E-state index contributed by atoms with van der Waals surface area (Å²) in [4.78, 5) is 0. The van der Waals surface area contributed by atoms with E-state index < -0.39 is 0 Å². The Labute approximate surface area is 90.1 Å². The molecule has 0 unspecified atom stereocenters. The molecule has 1 saturated carbocycles. The van der Waals surface area contributed by atoms with Gasteiger partial charge in [0.2, 0.25) is 0 Å². The Morgan fingerprint density at radius 2 is 2.13 bits per heavy atom. The molecule has 0 atom stereocenters. The molecule has 2 heteroatoms. The van der Waals surface area contributed by atoms with Crippen molar-refractivity contribution in [2.45, 2.75) is 24.4 Å². The third-order valence-corrected chi connectivity index (χ3v) is 3.30. The quantitative estimate of drug-likeness (QED) is 0.702. The lowest BCUT2D eigenvalue weighted by Gasteiger charge is -2.45. The second kappa shape index (κ2) is 3.69. The molecule has 15 heavy (non-hydrogen) atoms. The highest BCUT2D eigenvalue weighted by Gasteiger charge is 2.44. The predicted molar refractivity (Wildman–Crippen MR) is 60.4 cm³/mol. The first-order valence-electron chi connectivity index (χ1n) is 5.16. The summed E-state index contributed by atoms with van der Waals surface area (Å²) in [5.41, 5.74) is 7.72. The molecule has 1 fully saturated rings. The summed E-state index contributed by atoms with van der Waals surface area (Å²) < 4.78 is 0. The minimum Gasteiger partial charge on any atom is -0.393 e. The minimum atomic E-state index is -0.223. The second-order valence-corrected chi connectivity index (χ2v) is 4.24. The van der Waals surface area contributed by atoms with Gasteiger partial charge in [-0.15, -0.1) is 6.42 Å². The van der Waals surface area contributed by atoms with E-state index in [1.165, 1.54) is 0 Å². The summed E-state index contributed by atoms with van der Waals surface area (Å²) in [6, 6.07) is 7.85. The van der Waals surface area contributed by atoms with Crippen LogP contribution in [0.25, 0.3) is 0 Å². The van der Waals surface area contributed by atoms with Crippen molar-refractivity contribution in [3.8, 4) is 12.3 Å². The van der Waals surface area contributed by atoms with E-state index in [-0.39, 0.29) is 11.5 Å². The second-order valence-electron chi connectivity index (χ2n) is 4.24. The van der Waals surface area contributed by atoms with Gasteiger partial charge < -0.3 is 10.8 Å². The average molecular weight is 201 g/mol. The summed E-state index contributed by atoms with van der Waals surface area (Å²) in [5.74, 6) is 2.68. The summed E-state index contributed by atoms with van der Waals surface area (Å²) in [6.45, 7) is 0.544. The van der Waals surface area contributed by atoms with Crippen LogP contribution in [0.5, 0.6) is 0 Å². The van der Waals surface area contributed by atoms with E-state index in [0.29, 0.717) is 6.54 Å². The molecule has 0 aliphatic heterocycles. The molecule has 0 saturated heterocycles. The van der Waals surface area contributed by atoms with Gasteiger partial charge in [0, 0.05) is 17.5 Å². The highest BCUT2D eigenvalue weighted by Crippen LogP contribution is 2.44. The van der Waals surface area contributed by atoms with Gasteiger partial charge >= 0.3 is 0 Å². The zero-order valence-electron chi connectivity index (χ0n) is 8.61. The van der Waals surface area contributed by atoms with Crippen LogP contribution in [0.3, 0.4) is 0 Å². The van der Waals surface area contributed by atoms with Crippen molar-refractivity contribution in [2.24, 2.45) is 5.73 Å². The van der Waals surface area contributed by atoms with Crippen LogP contribution in [0.15, 0.2) is 24.3 Å². The van der Waals surface area contributed by atoms with Crippen molar-refractivity contribution in [3.05, 3.63) is 35.4 Å². The zero-order valence-corrected chi connectivity index (χ0v) is 8.61. The Balaban J connectivity index is 2.40. The van der Waals surface area contributed by atoms with E-state index in [2.05, 4.69) is 5.92 Å². The summed E-state index contributed by atoms with van der Waals surface area (Å²) in [6.07, 6.45) is 6.69. The fraction of sp³-hybridized carbons (Fsp3) is 0.385. The first-order chi connectivity index (χ1) is 7.22. The van der Waals surface area contributed by atoms with Gasteiger partial charge in [-0.3, -0.25) is 0 Å². The molecule has 78 valence electrons. The topological polar surface area (TPSA) is 46.2 Å². The standard InChI is InChI=1S/C13H15NO/c1-2-10-5-3-4-6-12(10)13(9-14)7-11(15)8-13/h1,3-6,11,15H,7-9,14H2. The maximum atomic E-state index is 9.43. The fourth-order valence-corrected chi connectivity index (χ4v) is 2.41.